The number of thiophene rings is 1. The van der Waals surface area contributed by atoms with Crippen molar-refractivity contribution >= 4 is 50.3 Å². The summed E-state index contributed by atoms with van der Waals surface area (Å²) in [7, 11) is -3.63. The van der Waals surface area contributed by atoms with Gasteiger partial charge in [-0.3, -0.25) is 5.43 Å². The number of hydrogen-bond donors (Lipinski definition) is 3. The fourth-order valence-electron chi connectivity index (χ4n) is 0.610. The van der Waals surface area contributed by atoms with Gasteiger partial charge in [0.15, 0.2) is 5.11 Å². The number of nitrogens with one attached hydrogen (secondary N) is 2. The first-order valence-corrected chi connectivity index (χ1v) is 6.33. The molecule has 9 heteroatoms. The molecule has 0 spiro atoms. The molecule has 4 N–H and O–H groups in total. The van der Waals surface area contributed by atoms with Crippen LogP contribution >= 0.6 is 35.2 Å². The Morgan fingerprint density at radius 3 is 2.64 bits per heavy atom. The van der Waals surface area contributed by atoms with Crippen LogP contribution in [0.5, 0.6) is 0 Å². The number of rotatable bonds is 3. The lowest BCUT2D eigenvalue weighted by molar-refractivity contribution is 0.579. The van der Waals surface area contributed by atoms with Gasteiger partial charge in [-0.25, -0.2) is 8.42 Å². The maximum atomic E-state index is 11.4. The first-order valence-electron chi connectivity index (χ1n) is 3.24. The molecule has 14 heavy (non-hydrogen) atoms. The van der Waals surface area contributed by atoms with Crippen LogP contribution < -0.4 is 16.0 Å². The van der Waals surface area contributed by atoms with Crippen LogP contribution in [0.2, 0.25) is 4.34 Å². The zero-order valence-corrected chi connectivity index (χ0v) is 9.86. The lowest BCUT2D eigenvalue weighted by Crippen LogP contribution is -2.43. The van der Waals surface area contributed by atoms with E-state index in [1.807, 2.05) is 4.83 Å². The van der Waals surface area contributed by atoms with Crippen LogP contribution in [0.1, 0.15) is 0 Å². The minimum atomic E-state index is -3.63. The average molecular weight is 272 g/mol. The molecule has 0 amide bonds. The summed E-state index contributed by atoms with van der Waals surface area (Å²) in [5, 5.41) is -0.156. The predicted octanol–water partition coefficient (Wildman–Crippen LogP) is 0.428. The summed E-state index contributed by atoms with van der Waals surface area (Å²) in [5.74, 6) is 0. The molecule has 0 aromatic carbocycles. The van der Waals surface area contributed by atoms with Crippen LogP contribution in [0.3, 0.4) is 0 Å². The minimum Gasteiger partial charge on any atom is -0.375 e. The molecule has 1 heterocycles. The molecular formula is C5H6ClN3O2S3. The maximum Gasteiger partial charge on any atom is 0.266 e. The van der Waals surface area contributed by atoms with E-state index in [1.165, 1.54) is 12.1 Å². The van der Waals surface area contributed by atoms with Crippen molar-refractivity contribution in [2.45, 2.75) is 4.21 Å². The quantitative estimate of drug-likeness (QED) is 0.548. The highest BCUT2D eigenvalue weighted by atomic mass is 35.5. The van der Waals surface area contributed by atoms with Gasteiger partial charge in [-0.1, -0.05) is 11.6 Å². The van der Waals surface area contributed by atoms with Crippen molar-refractivity contribution in [3.63, 3.8) is 0 Å². The van der Waals surface area contributed by atoms with Gasteiger partial charge in [0.2, 0.25) is 0 Å². The number of halogens is 1. The molecule has 5 nitrogen and oxygen atoms in total. The van der Waals surface area contributed by atoms with Gasteiger partial charge in [0, 0.05) is 0 Å². The smallest absolute Gasteiger partial charge is 0.266 e. The molecule has 78 valence electrons. The molecule has 0 aliphatic rings. The summed E-state index contributed by atoms with van der Waals surface area (Å²) >= 11 is 11.0. The molecule has 0 saturated carbocycles. The zero-order chi connectivity index (χ0) is 10.8. The van der Waals surface area contributed by atoms with Crippen molar-refractivity contribution in [1.82, 2.24) is 10.3 Å². The molecule has 1 aromatic heterocycles. The molecule has 0 unspecified atom stereocenters. The summed E-state index contributed by atoms with van der Waals surface area (Å²) < 4.78 is 23.3. The van der Waals surface area contributed by atoms with Crippen molar-refractivity contribution in [1.29, 1.82) is 0 Å². The fraction of sp³-hybridized carbons (Fsp3) is 0. The Hall–Kier alpha value is -0.410. The monoisotopic (exact) mass is 271 g/mol. The number of sulfonamides is 1. The van der Waals surface area contributed by atoms with E-state index in [-0.39, 0.29) is 9.32 Å². The van der Waals surface area contributed by atoms with E-state index in [0.717, 1.165) is 11.3 Å². The highest BCUT2D eigenvalue weighted by Gasteiger charge is 2.15. The summed E-state index contributed by atoms with van der Waals surface area (Å²) in [6.45, 7) is 0. The third kappa shape index (κ3) is 3.07. The second-order valence-corrected chi connectivity index (χ2v) is 6.22. The van der Waals surface area contributed by atoms with Gasteiger partial charge in [0.25, 0.3) is 10.0 Å². The van der Waals surface area contributed by atoms with Gasteiger partial charge >= 0.3 is 0 Å². The molecule has 0 aliphatic carbocycles. The van der Waals surface area contributed by atoms with Gasteiger partial charge in [-0.15, -0.1) is 16.2 Å². The predicted molar refractivity (Wildman–Crippen MR) is 59.6 cm³/mol. The van der Waals surface area contributed by atoms with Crippen LogP contribution in [0.25, 0.3) is 0 Å². The summed E-state index contributed by atoms with van der Waals surface area (Å²) in [4.78, 5) is 2.00. The molecule has 1 aromatic rings. The molecule has 1 rings (SSSR count). The van der Waals surface area contributed by atoms with Gasteiger partial charge in [-0.05, 0) is 24.4 Å². The first kappa shape index (κ1) is 11.7. The second kappa shape index (κ2) is 4.41. The third-order valence-corrected chi connectivity index (χ3v) is 4.19. The van der Waals surface area contributed by atoms with Crippen LogP contribution in [-0.4, -0.2) is 13.5 Å². The van der Waals surface area contributed by atoms with E-state index in [1.54, 1.807) is 0 Å². The van der Waals surface area contributed by atoms with Crippen LogP contribution in [-0.2, 0) is 10.0 Å². The van der Waals surface area contributed by atoms with E-state index >= 15 is 0 Å². The van der Waals surface area contributed by atoms with Crippen LogP contribution in [0, 0.1) is 0 Å². The standard InChI is InChI=1S/C5H6ClN3O2S3/c6-3-1-2-4(13-3)14(10,11)9-8-5(7)12/h1-2,9H,(H3,7,8,12). The number of nitrogens with two attached hydrogens (primary N) is 1. The van der Waals surface area contributed by atoms with Crippen LogP contribution in [0.4, 0.5) is 0 Å². The van der Waals surface area contributed by atoms with E-state index in [2.05, 4.69) is 17.6 Å². The topological polar surface area (TPSA) is 84.2 Å². The molecule has 0 bridgehead atoms. The van der Waals surface area contributed by atoms with Crippen molar-refractivity contribution in [2.24, 2.45) is 5.73 Å². The zero-order valence-electron chi connectivity index (χ0n) is 6.65. The number of hydrogen-bond acceptors (Lipinski definition) is 4. The Morgan fingerprint density at radius 2 is 2.21 bits per heavy atom. The van der Waals surface area contributed by atoms with Crippen molar-refractivity contribution in [3.05, 3.63) is 16.5 Å². The molecule has 0 aliphatic heterocycles. The Labute approximate surface area is 95.3 Å². The molecule has 0 fully saturated rings. The first-order chi connectivity index (χ1) is 6.42. The lowest BCUT2D eigenvalue weighted by atomic mass is 10.7. The molecular weight excluding hydrogens is 266 g/mol. The van der Waals surface area contributed by atoms with Gasteiger partial charge < -0.3 is 5.73 Å². The van der Waals surface area contributed by atoms with Gasteiger partial charge in [0.05, 0.1) is 4.34 Å². The van der Waals surface area contributed by atoms with Crippen LogP contribution in [0.15, 0.2) is 16.3 Å². The lowest BCUT2D eigenvalue weighted by Gasteiger charge is -2.04. The SMILES string of the molecule is NC(=S)NNS(=O)(=O)c1ccc(Cl)s1. The fourth-order valence-corrected chi connectivity index (χ4v) is 3.06. The van der Waals surface area contributed by atoms with Crippen molar-refractivity contribution in [2.75, 3.05) is 0 Å². The molecule has 0 radical (unpaired) electrons. The van der Waals surface area contributed by atoms with E-state index in [9.17, 15) is 8.42 Å². The van der Waals surface area contributed by atoms with Crippen molar-refractivity contribution < 1.29 is 8.42 Å². The average Bonchev–Trinajstić information content (AvgIpc) is 2.49. The molecule has 0 saturated heterocycles. The second-order valence-electron chi connectivity index (χ2n) is 2.15. The van der Waals surface area contributed by atoms with Gasteiger partial charge in [0.1, 0.15) is 4.21 Å². The highest BCUT2D eigenvalue weighted by molar-refractivity contribution is 7.91. The van der Waals surface area contributed by atoms with E-state index < -0.39 is 10.0 Å². The number of hydrazine groups is 1. The maximum absolute atomic E-state index is 11.4. The third-order valence-electron chi connectivity index (χ3n) is 1.12. The highest BCUT2D eigenvalue weighted by Crippen LogP contribution is 2.24. The summed E-state index contributed by atoms with van der Waals surface area (Å²) in [6.07, 6.45) is 0. The Balaban J connectivity index is 2.81. The minimum absolute atomic E-state index is 0.0891. The Kier molecular flexibility index (Phi) is 3.67. The normalized spacial score (nSPS) is 11.2. The van der Waals surface area contributed by atoms with E-state index in [0.29, 0.717) is 4.34 Å². The largest absolute Gasteiger partial charge is 0.375 e. The Morgan fingerprint density at radius 1 is 1.57 bits per heavy atom. The number of thiocarbonyl (C=S) groups is 1. The van der Waals surface area contributed by atoms with Crippen molar-refractivity contribution in [3.8, 4) is 0 Å². The Bertz CT molecular complexity index is 441. The van der Waals surface area contributed by atoms with Gasteiger partial charge in [-0.2, -0.15) is 0 Å². The van der Waals surface area contributed by atoms with E-state index in [4.69, 9.17) is 17.3 Å². The summed E-state index contributed by atoms with van der Waals surface area (Å²) in [5.41, 5.74) is 7.18. The summed E-state index contributed by atoms with van der Waals surface area (Å²) in [6, 6.07) is 2.87. The molecule has 0 atom stereocenters.